The summed E-state index contributed by atoms with van der Waals surface area (Å²) in [6, 6.07) is 5.36. The Morgan fingerprint density at radius 1 is 1.50 bits per heavy atom. The molecule has 0 aromatic heterocycles. The fourth-order valence-corrected chi connectivity index (χ4v) is 2.20. The number of amides is 1. The molecule has 3 nitrogen and oxygen atoms in total. The van der Waals surface area contributed by atoms with Crippen molar-refractivity contribution in [2.45, 2.75) is 19.4 Å². The summed E-state index contributed by atoms with van der Waals surface area (Å²) in [4.78, 5) is 13.6. The van der Waals surface area contributed by atoms with Gasteiger partial charge in [0.05, 0.1) is 29.3 Å². The van der Waals surface area contributed by atoms with E-state index >= 15 is 0 Å². The zero-order chi connectivity index (χ0) is 11.9. The van der Waals surface area contributed by atoms with Crippen LogP contribution in [-0.4, -0.2) is 34.6 Å². The van der Waals surface area contributed by atoms with Gasteiger partial charge < -0.3 is 10.0 Å². The number of halogens is 1. The van der Waals surface area contributed by atoms with Gasteiger partial charge in [0.15, 0.2) is 0 Å². The molecular formula is C12H14ClNO2. The van der Waals surface area contributed by atoms with E-state index < -0.39 is 5.60 Å². The second-order valence-corrected chi connectivity index (χ2v) is 5.05. The van der Waals surface area contributed by atoms with E-state index in [1.165, 1.54) is 0 Å². The molecule has 0 saturated carbocycles. The second-order valence-electron chi connectivity index (χ2n) is 4.64. The normalized spacial score (nSPS) is 18.1. The summed E-state index contributed by atoms with van der Waals surface area (Å²) >= 11 is 6.01. The van der Waals surface area contributed by atoms with Gasteiger partial charge in [-0.3, -0.25) is 4.79 Å². The van der Waals surface area contributed by atoms with Crippen LogP contribution >= 0.6 is 11.6 Å². The maximum absolute atomic E-state index is 12.0. The second kappa shape index (κ2) is 3.75. The van der Waals surface area contributed by atoms with Crippen molar-refractivity contribution in [2.75, 3.05) is 13.1 Å². The van der Waals surface area contributed by atoms with Crippen LogP contribution in [0, 0.1) is 6.92 Å². The fraction of sp³-hybridized carbons (Fsp3) is 0.417. The minimum absolute atomic E-state index is 0.114. The quantitative estimate of drug-likeness (QED) is 0.813. The van der Waals surface area contributed by atoms with Crippen LogP contribution in [0.3, 0.4) is 0 Å². The highest BCUT2D eigenvalue weighted by molar-refractivity contribution is 6.33. The maximum Gasteiger partial charge on any atom is 0.255 e. The van der Waals surface area contributed by atoms with Crippen molar-refractivity contribution in [3.05, 3.63) is 34.3 Å². The van der Waals surface area contributed by atoms with E-state index in [1.54, 1.807) is 24.0 Å². The highest BCUT2D eigenvalue weighted by Gasteiger charge is 2.39. The standard InChI is InChI=1S/C12H14ClNO2/c1-8-3-4-9(10(13)5-8)11(15)14-6-12(2,16)7-14/h3-5,16H,6-7H2,1-2H3. The van der Waals surface area contributed by atoms with Crippen molar-refractivity contribution in [1.82, 2.24) is 4.90 Å². The van der Waals surface area contributed by atoms with Gasteiger partial charge in [-0.05, 0) is 31.5 Å². The molecule has 0 spiro atoms. The first-order valence-corrected chi connectivity index (χ1v) is 5.55. The third-order valence-electron chi connectivity index (χ3n) is 2.71. The number of hydrogen-bond donors (Lipinski definition) is 1. The molecule has 1 N–H and O–H groups in total. The van der Waals surface area contributed by atoms with E-state index in [9.17, 15) is 9.90 Å². The summed E-state index contributed by atoms with van der Waals surface area (Å²) < 4.78 is 0. The molecule has 1 aromatic carbocycles. The molecular weight excluding hydrogens is 226 g/mol. The maximum atomic E-state index is 12.0. The zero-order valence-corrected chi connectivity index (χ0v) is 10.1. The van der Waals surface area contributed by atoms with Gasteiger partial charge in [0.25, 0.3) is 5.91 Å². The molecule has 0 radical (unpaired) electrons. The van der Waals surface area contributed by atoms with E-state index in [4.69, 9.17) is 11.6 Å². The van der Waals surface area contributed by atoms with Crippen molar-refractivity contribution >= 4 is 17.5 Å². The Morgan fingerprint density at radius 2 is 2.12 bits per heavy atom. The molecule has 1 aliphatic heterocycles. The highest BCUT2D eigenvalue weighted by atomic mass is 35.5. The molecule has 0 aliphatic carbocycles. The van der Waals surface area contributed by atoms with Crippen LogP contribution in [0.4, 0.5) is 0 Å². The predicted molar refractivity (Wildman–Crippen MR) is 62.7 cm³/mol. The van der Waals surface area contributed by atoms with Crippen molar-refractivity contribution in [3.63, 3.8) is 0 Å². The summed E-state index contributed by atoms with van der Waals surface area (Å²) in [7, 11) is 0. The minimum Gasteiger partial charge on any atom is -0.386 e. The van der Waals surface area contributed by atoms with Crippen LogP contribution in [0.1, 0.15) is 22.8 Å². The van der Waals surface area contributed by atoms with Crippen LogP contribution < -0.4 is 0 Å². The van der Waals surface area contributed by atoms with Crippen molar-refractivity contribution in [2.24, 2.45) is 0 Å². The molecule has 1 heterocycles. The van der Waals surface area contributed by atoms with Crippen LogP contribution in [-0.2, 0) is 0 Å². The lowest BCUT2D eigenvalue weighted by Crippen LogP contribution is -2.61. The summed E-state index contributed by atoms with van der Waals surface area (Å²) in [5.41, 5.74) is 0.784. The number of carbonyl (C=O) groups excluding carboxylic acids is 1. The molecule has 0 atom stereocenters. The largest absolute Gasteiger partial charge is 0.386 e. The number of likely N-dealkylation sites (tertiary alicyclic amines) is 1. The molecule has 16 heavy (non-hydrogen) atoms. The third kappa shape index (κ3) is 2.06. The van der Waals surface area contributed by atoms with Gasteiger partial charge in [0.1, 0.15) is 0 Å². The van der Waals surface area contributed by atoms with Crippen molar-refractivity contribution in [3.8, 4) is 0 Å². The Hall–Kier alpha value is -1.06. The Morgan fingerprint density at radius 3 is 2.62 bits per heavy atom. The van der Waals surface area contributed by atoms with Gasteiger partial charge in [0, 0.05) is 0 Å². The van der Waals surface area contributed by atoms with Gasteiger partial charge >= 0.3 is 0 Å². The average Bonchev–Trinajstić information content (AvgIpc) is 2.13. The molecule has 1 aromatic rings. The molecule has 1 saturated heterocycles. The van der Waals surface area contributed by atoms with Crippen molar-refractivity contribution in [1.29, 1.82) is 0 Å². The van der Waals surface area contributed by atoms with Crippen LogP contribution in [0.5, 0.6) is 0 Å². The van der Waals surface area contributed by atoms with E-state index in [0.29, 0.717) is 23.7 Å². The van der Waals surface area contributed by atoms with Crippen LogP contribution in [0.2, 0.25) is 5.02 Å². The number of hydrogen-bond acceptors (Lipinski definition) is 2. The smallest absolute Gasteiger partial charge is 0.255 e. The lowest BCUT2D eigenvalue weighted by atomic mass is 9.96. The summed E-state index contributed by atoms with van der Waals surface area (Å²) in [5.74, 6) is -0.114. The number of nitrogens with zero attached hydrogens (tertiary/aromatic N) is 1. The fourth-order valence-electron chi connectivity index (χ4n) is 1.88. The van der Waals surface area contributed by atoms with Gasteiger partial charge in [-0.25, -0.2) is 0 Å². The molecule has 4 heteroatoms. The van der Waals surface area contributed by atoms with E-state index in [1.807, 2.05) is 13.0 Å². The van der Waals surface area contributed by atoms with E-state index in [-0.39, 0.29) is 5.91 Å². The Kier molecular flexibility index (Phi) is 2.68. The SMILES string of the molecule is Cc1ccc(C(=O)N2CC(C)(O)C2)c(Cl)c1. The first kappa shape index (κ1) is 11.4. The lowest BCUT2D eigenvalue weighted by molar-refractivity contribution is -0.0668. The average molecular weight is 240 g/mol. The lowest BCUT2D eigenvalue weighted by Gasteiger charge is -2.44. The minimum atomic E-state index is -0.743. The molecule has 1 fully saturated rings. The number of benzene rings is 1. The third-order valence-corrected chi connectivity index (χ3v) is 3.02. The van der Waals surface area contributed by atoms with Gasteiger partial charge in [0.2, 0.25) is 0 Å². The summed E-state index contributed by atoms with van der Waals surface area (Å²) in [6.45, 7) is 4.38. The molecule has 1 aliphatic rings. The van der Waals surface area contributed by atoms with Gasteiger partial charge in [-0.1, -0.05) is 17.7 Å². The summed E-state index contributed by atoms with van der Waals surface area (Å²) in [5, 5.41) is 10.0. The molecule has 1 amide bonds. The number of aryl methyl sites for hydroxylation is 1. The van der Waals surface area contributed by atoms with Crippen LogP contribution in [0.15, 0.2) is 18.2 Å². The number of rotatable bonds is 1. The van der Waals surface area contributed by atoms with Gasteiger partial charge in [-0.15, -0.1) is 0 Å². The van der Waals surface area contributed by atoms with Gasteiger partial charge in [-0.2, -0.15) is 0 Å². The van der Waals surface area contributed by atoms with Crippen molar-refractivity contribution < 1.29 is 9.90 Å². The first-order chi connectivity index (χ1) is 7.39. The number of β-amino-alcohol motifs (C(OH)–C–C–N with tert-alkyl or cyclic N) is 1. The Balaban J connectivity index is 2.16. The molecule has 0 unspecified atom stereocenters. The zero-order valence-electron chi connectivity index (χ0n) is 9.33. The molecule has 2 rings (SSSR count). The highest BCUT2D eigenvalue weighted by Crippen LogP contribution is 2.25. The molecule has 0 bridgehead atoms. The monoisotopic (exact) mass is 239 g/mol. The number of aliphatic hydroxyl groups is 1. The number of carbonyl (C=O) groups is 1. The van der Waals surface area contributed by atoms with Crippen LogP contribution in [0.25, 0.3) is 0 Å². The van der Waals surface area contributed by atoms with E-state index in [0.717, 1.165) is 5.56 Å². The topological polar surface area (TPSA) is 40.5 Å². The predicted octanol–water partition coefficient (Wildman–Crippen LogP) is 1.86. The Labute approximate surface area is 99.6 Å². The Bertz CT molecular complexity index is 435. The first-order valence-electron chi connectivity index (χ1n) is 5.17. The summed E-state index contributed by atoms with van der Waals surface area (Å²) in [6.07, 6.45) is 0. The van der Waals surface area contributed by atoms with E-state index in [2.05, 4.69) is 0 Å². The molecule has 86 valence electrons.